The van der Waals surface area contributed by atoms with Crippen LogP contribution < -0.4 is 9.57 Å². The van der Waals surface area contributed by atoms with Gasteiger partial charge in [0.2, 0.25) is 5.88 Å². The maximum atomic E-state index is 11.0. The van der Waals surface area contributed by atoms with E-state index in [1.165, 1.54) is 16.1 Å². The lowest BCUT2D eigenvalue weighted by Gasteiger charge is -2.30. The molecule has 1 saturated heterocycles. The Bertz CT molecular complexity index is 821. The zero-order chi connectivity index (χ0) is 19.2. The molecule has 2 aromatic rings. The predicted molar refractivity (Wildman–Crippen MR) is 105 cm³/mol. The molecule has 0 spiro atoms. The number of amides is 1. The van der Waals surface area contributed by atoms with Gasteiger partial charge in [-0.1, -0.05) is 5.16 Å². The lowest BCUT2D eigenvalue weighted by atomic mass is 10.1. The summed E-state index contributed by atoms with van der Waals surface area (Å²) in [6.45, 7) is 2.72. The van der Waals surface area contributed by atoms with Gasteiger partial charge in [0.15, 0.2) is 0 Å². The number of likely N-dealkylation sites (tertiary alicyclic amines) is 1. The van der Waals surface area contributed by atoms with E-state index in [-0.39, 0.29) is 6.10 Å². The number of hydrogen-bond donors (Lipinski definition) is 1. The molecular weight excluding hydrogens is 436 g/mol. The molecule has 0 atom stereocenters. The molecule has 1 aliphatic heterocycles. The van der Waals surface area contributed by atoms with Crippen LogP contribution in [-0.4, -0.2) is 51.5 Å². The van der Waals surface area contributed by atoms with Crippen LogP contribution in [0.1, 0.15) is 23.3 Å². The topological polar surface area (TPSA) is 97.1 Å². The minimum atomic E-state index is -0.893. The fourth-order valence-corrected chi connectivity index (χ4v) is 4.06. The molecule has 27 heavy (non-hydrogen) atoms. The van der Waals surface area contributed by atoms with E-state index in [2.05, 4.69) is 31.1 Å². The van der Waals surface area contributed by atoms with Crippen molar-refractivity contribution in [3.05, 3.63) is 32.7 Å². The highest BCUT2D eigenvalue weighted by Gasteiger charge is 2.24. The molecular formula is C17H19BrN4O4S. The van der Waals surface area contributed by atoms with E-state index in [0.717, 1.165) is 3.79 Å². The highest BCUT2D eigenvalue weighted by molar-refractivity contribution is 9.11. The third-order valence-corrected chi connectivity index (χ3v) is 5.76. The lowest BCUT2D eigenvalue weighted by molar-refractivity contribution is 0.0863. The van der Waals surface area contributed by atoms with Gasteiger partial charge in [-0.25, -0.2) is 9.78 Å². The molecule has 1 aliphatic rings. The van der Waals surface area contributed by atoms with Crippen LogP contribution in [0.3, 0.4) is 0 Å². The summed E-state index contributed by atoms with van der Waals surface area (Å²) in [4.78, 5) is 27.2. The molecule has 1 amide bonds. The first kappa shape index (κ1) is 19.6. The summed E-state index contributed by atoms with van der Waals surface area (Å²) in [6, 6.07) is 4.02. The number of carboxylic acid groups (broad SMARTS) is 1. The normalized spacial score (nSPS) is 15.3. The van der Waals surface area contributed by atoms with Crippen molar-refractivity contribution in [2.45, 2.75) is 32.3 Å². The Hall–Kier alpha value is -2.20. The molecule has 0 bridgehead atoms. The number of rotatable bonds is 6. The summed E-state index contributed by atoms with van der Waals surface area (Å²) in [6.07, 6.45) is 4.00. The monoisotopic (exact) mass is 454 g/mol. The van der Waals surface area contributed by atoms with Crippen LogP contribution in [0.5, 0.6) is 11.8 Å². The minimum Gasteiger partial charge on any atom is -0.474 e. The largest absolute Gasteiger partial charge is 0.474 e. The summed E-state index contributed by atoms with van der Waals surface area (Å²) in [5, 5.41) is 13.0. The standard InChI is InChI=1S/C17H19BrN4O4S/c1-11-15(25-12-5-8-22(9-6-12)17(23)24)19-10-20-16(11)26-21-7-4-13-2-3-14(18)27-13/h2-3,7,10,12H,4-6,8-9H2,1H3,(H,23,24). The van der Waals surface area contributed by atoms with Gasteiger partial charge in [0, 0.05) is 43.4 Å². The summed E-state index contributed by atoms with van der Waals surface area (Å²) < 4.78 is 7.01. The summed E-state index contributed by atoms with van der Waals surface area (Å²) in [5.74, 6) is 0.776. The number of nitrogens with zero attached hydrogens (tertiary/aromatic N) is 4. The first-order chi connectivity index (χ1) is 13.0. The van der Waals surface area contributed by atoms with Crippen LogP contribution in [0.15, 0.2) is 27.4 Å². The van der Waals surface area contributed by atoms with Gasteiger partial charge in [0.05, 0.1) is 9.35 Å². The molecule has 3 rings (SSSR count). The second-order valence-electron chi connectivity index (χ2n) is 5.99. The third-order valence-electron chi connectivity index (χ3n) is 4.12. The Morgan fingerprint density at radius 3 is 2.81 bits per heavy atom. The smallest absolute Gasteiger partial charge is 0.407 e. The molecule has 0 radical (unpaired) electrons. The zero-order valence-corrected chi connectivity index (χ0v) is 17.1. The second-order valence-corrected chi connectivity index (χ2v) is 8.53. The van der Waals surface area contributed by atoms with Gasteiger partial charge >= 0.3 is 6.09 Å². The summed E-state index contributed by atoms with van der Waals surface area (Å²) >= 11 is 5.07. The highest BCUT2D eigenvalue weighted by atomic mass is 79.9. The summed E-state index contributed by atoms with van der Waals surface area (Å²) in [5.41, 5.74) is 0.661. The van der Waals surface area contributed by atoms with Gasteiger partial charge in [0.25, 0.3) is 5.88 Å². The maximum Gasteiger partial charge on any atom is 0.407 e. The Morgan fingerprint density at radius 1 is 1.41 bits per heavy atom. The number of halogens is 1. The molecule has 0 saturated carbocycles. The summed E-state index contributed by atoms with van der Waals surface area (Å²) in [7, 11) is 0. The Balaban J connectivity index is 1.55. The third kappa shape index (κ3) is 5.39. The highest BCUT2D eigenvalue weighted by Crippen LogP contribution is 2.26. The van der Waals surface area contributed by atoms with E-state index >= 15 is 0 Å². The van der Waals surface area contributed by atoms with E-state index < -0.39 is 6.09 Å². The van der Waals surface area contributed by atoms with E-state index in [9.17, 15) is 4.79 Å². The number of ether oxygens (including phenoxy) is 1. The molecule has 2 aromatic heterocycles. The van der Waals surface area contributed by atoms with Gasteiger partial charge in [-0.05, 0) is 35.0 Å². The van der Waals surface area contributed by atoms with Gasteiger partial charge in [-0.2, -0.15) is 4.98 Å². The van der Waals surface area contributed by atoms with Crippen LogP contribution >= 0.6 is 27.3 Å². The number of thiophene rings is 1. The van der Waals surface area contributed by atoms with Crippen molar-refractivity contribution in [2.75, 3.05) is 13.1 Å². The van der Waals surface area contributed by atoms with Gasteiger partial charge in [-0.15, -0.1) is 11.3 Å². The van der Waals surface area contributed by atoms with Crippen molar-refractivity contribution >= 4 is 39.6 Å². The number of hydrogen-bond acceptors (Lipinski definition) is 7. The molecule has 1 N–H and O–H groups in total. The fourth-order valence-electron chi connectivity index (χ4n) is 2.63. The first-order valence-electron chi connectivity index (χ1n) is 8.42. The number of aromatic nitrogens is 2. The van der Waals surface area contributed by atoms with E-state index in [1.54, 1.807) is 17.6 Å². The van der Waals surface area contributed by atoms with E-state index in [1.807, 2.05) is 19.1 Å². The maximum absolute atomic E-state index is 11.0. The minimum absolute atomic E-state index is 0.0807. The van der Waals surface area contributed by atoms with Gasteiger partial charge < -0.3 is 19.6 Å². The van der Waals surface area contributed by atoms with Crippen molar-refractivity contribution in [2.24, 2.45) is 5.16 Å². The van der Waals surface area contributed by atoms with Crippen LogP contribution in [0.4, 0.5) is 4.79 Å². The quantitative estimate of drug-likeness (QED) is 0.527. The molecule has 0 unspecified atom stereocenters. The van der Waals surface area contributed by atoms with Crippen LogP contribution in [0, 0.1) is 6.92 Å². The first-order valence-corrected chi connectivity index (χ1v) is 10.0. The lowest BCUT2D eigenvalue weighted by Crippen LogP contribution is -2.41. The molecule has 0 aliphatic carbocycles. The van der Waals surface area contributed by atoms with E-state index in [4.69, 9.17) is 14.7 Å². The molecule has 0 aromatic carbocycles. The van der Waals surface area contributed by atoms with Crippen molar-refractivity contribution in [1.82, 2.24) is 14.9 Å². The van der Waals surface area contributed by atoms with Crippen LogP contribution in [0.25, 0.3) is 0 Å². The average Bonchev–Trinajstić information content (AvgIpc) is 3.07. The molecule has 144 valence electrons. The van der Waals surface area contributed by atoms with Gasteiger partial charge in [0.1, 0.15) is 12.4 Å². The van der Waals surface area contributed by atoms with Crippen molar-refractivity contribution in [3.63, 3.8) is 0 Å². The van der Waals surface area contributed by atoms with Crippen molar-refractivity contribution < 1.29 is 19.5 Å². The Labute approximate surface area is 169 Å². The molecule has 3 heterocycles. The van der Waals surface area contributed by atoms with Crippen LogP contribution in [-0.2, 0) is 6.42 Å². The van der Waals surface area contributed by atoms with Crippen molar-refractivity contribution in [1.29, 1.82) is 0 Å². The number of piperidine rings is 1. The number of oxime groups is 1. The zero-order valence-electron chi connectivity index (χ0n) is 14.7. The molecule has 1 fully saturated rings. The SMILES string of the molecule is Cc1c(ON=CCc2ccc(Br)s2)ncnc1OC1CCN(C(=O)O)CC1. The molecule has 10 heteroatoms. The average molecular weight is 455 g/mol. The Morgan fingerprint density at radius 2 is 2.15 bits per heavy atom. The predicted octanol–water partition coefficient (Wildman–Crippen LogP) is 3.74. The Kier molecular flexibility index (Phi) is 6.62. The van der Waals surface area contributed by atoms with Crippen molar-refractivity contribution in [3.8, 4) is 11.8 Å². The van der Waals surface area contributed by atoms with E-state index in [0.29, 0.717) is 49.7 Å². The second kappa shape index (κ2) is 9.14. The number of carbonyl (C=O) groups is 1. The van der Waals surface area contributed by atoms with Crippen LogP contribution in [0.2, 0.25) is 0 Å². The van der Waals surface area contributed by atoms with Gasteiger partial charge in [-0.3, -0.25) is 0 Å². The fraction of sp³-hybridized carbons (Fsp3) is 0.412. The molecule has 8 nitrogen and oxygen atoms in total.